The molecule has 1 atom stereocenters. The van der Waals surface area contributed by atoms with E-state index >= 15 is 0 Å². The number of nitrogens with zero attached hydrogens (tertiary/aromatic N) is 4. The molecule has 0 aliphatic carbocycles. The fourth-order valence-corrected chi connectivity index (χ4v) is 2.54. The number of hydrogen-bond donors (Lipinski definition) is 1. The Morgan fingerprint density at radius 1 is 1.19 bits per heavy atom. The monoisotopic (exact) mass is 282 g/mol. The first-order valence-corrected chi connectivity index (χ1v) is 7.18. The lowest BCUT2D eigenvalue weighted by Gasteiger charge is -2.12. The van der Waals surface area contributed by atoms with Gasteiger partial charge in [-0.3, -0.25) is 0 Å². The van der Waals surface area contributed by atoms with E-state index in [1.54, 1.807) is 18.5 Å². The Morgan fingerprint density at radius 3 is 2.81 bits per heavy atom. The Balaban J connectivity index is 1.94. The van der Waals surface area contributed by atoms with Crippen molar-refractivity contribution in [1.29, 1.82) is 0 Å². The van der Waals surface area contributed by atoms with E-state index in [-0.39, 0.29) is 0 Å². The van der Waals surface area contributed by atoms with E-state index in [4.69, 9.17) is 0 Å². The van der Waals surface area contributed by atoms with Gasteiger partial charge in [-0.25, -0.2) is 4.98 Å². The van der Waals surface area contributed by atoms with Gasteiger partial charge in [-0.2, -0.15) is 10.2 Å². The van der Waals surface area contributed by atoms with Crippen LogP contribution >= 0.6 is 0 Å². The molecule has 108 valence electrons. The van der Waals surface area contributed by atoms with Gasteiger partial charge in [0.25, 0.3) is 0 Å². The first kappa shape index (κ1) is 13.7. The van der Waals surface area contributed by atoms with Crippen molar-refractivity contribution in [3.63, 3.8) is 0 Å². The quantitative estimate of drug-likeness (QED) is 0.781. The molecular formula is C16H18N4O. The zero-order chi connectivity index (χ0) is 14.7. The molecule has 1 unspecified atom stereocenters. The van der Waals surface area contributed by atoms with E-state index in [9.17, 15) is 5.11 Å². The molecule has 1 N–H and O–H groups in total. The number of hydrogen-bond acceptors (Lipinski definition) is 4. The van der Waals surface area contributed by atoms with Crippen LogP contribution in [0.5, 0.6) is 0 Å². The SMILES string of the molecule is CCCn1c(CC(O)c2ccnnc2)nc2ccccc21. The van der Waals surface area contributed by atoms with Crippen LogP contribution in [0.4, 0.5) is 0 Å². The van der Waals surface area contributed by atoms with Crippen LogP contribution in [-0.2, 0) is 13.0 Å². The molecule has 3 rings (SSSR count). The summed E-state index contributed by atoms with van der Waals surface area (Å²) in [7, 11) is 0. The third-order valence-corrected chi connectivity index (χ3v) is 3.55. The van der Waals surface area contributed by atoms with Crippen molar-refractivity contribution in [2.45, 2.75) is 32.4 Å². The second kappa shape index (κ2) is 6.01. The van der Waals surface area contributed by atoms with Crippen LogP contribution in [0, 0.1) is 0 Å². The lowest BCUT2D eigenvalue weighted by Crippen LogP contribution is -2.09. The van der Waals surface area contributed by atoms with Gasteiger partial charge in [-0.1, -0.05) is 19.1 Å². The summed E-state index contributed by atoms with van der Waals surface area (Å²) in [6, 6.07) is 9.86. The molecular weight excluding hydrogens is 264 g/mol. The fourth-order valence-electron chi connectivity index (χ4n) is 2.54. The number of benzene rings is 1. The highest BCUT2D eigenvalue weighted by atomic mass is 16.3. The van der Waals surface area contributed by atoms with Gasteiger partial charge in [0.05, 0.1) is 23.3 Å². The molecule has 0 aliphatic rings. The van der Waals surface area contributed by atoms with Gasteiger partial charge in [-0.05, 0) is 24.6 Å². The summed E-state index contributed by atoms with van der Waals surface area (Å²) >= 11 is 0. The molecule has 0 saturated carbocycles. The number of fused-ring (bicyclic) bond motifs is 1. The molecule has 21 heavy (non-hydrogen) atoms. The van der Waals surface area contributed by atoms with Gasteiger partial charge >= 0.3 is 0 Å². The maximum atomic E-state index is 10.4. The molecule has 0 bridgehead atoms. The van der Waals surface area contributed by atoms with Crippen LogP contribution in [-0.4, -0.2) is 24.9 Å². The Labute approximate surface area is 123 Å². The average molecular weight is 282 g/mol. The number of aliphatic hydroxyl groups is 1. The van der Waals surface area contributed by atoms with Gasteiger partial charge in [-0.15, -0.1) is 0 Å². The number of para-hydroxylation sites is 2. The van der Waals surface area contributed by atoms with Crippen LogP contribution in [0.3, 0.4) is 0 Å². The van der Waals surface area contributed by atoms with Crippen molar-refractivity contribution in [3.8, 4) is 0 Å². The first-order chi connectivity index (χ1) is 10.3. The zero-order valence-corrected chi connectivity index (χ0v) is 12.0. The van der Waals surface area contributed by atoms with E-state index in [1.807, 2.05) is 18.2 Å². The molecule has 3 aromatic rings. The highest BCUT2D eigenvalue weighted by Crippen LogP contribution is 2.21. The fraction of sp³-hybridized carbons (Fsp3) is 0.312. The predicted molar refractivity (Wildman–Crippen MR) is 80.7 cm³/mol. The minimum Gasteiger partial charge on any atom is -0.388 e. The molecule has 5 nitrogen and oxygen atoms in total. The Kier molecular flexibility index (Phi) is 3.92. The molecule has 0 saturated heterocycles. The second-order valence-corrected chi connectivity index (χ2v) is 5.06. The molecule has 2 heterocycles. The van der Waals surface area contributed by atoms with Gasteiger partial charge in [0.1, 0.15) is 5.82 Å². The molecule has 2 aromatic heterocycles. The summed E-state index contributed by atoms with van der Waals surface area (Å²) in [6.45, 7) is 3.04. The lowest BCUT2D eigenvalue weighted by molar-refractivity contribution is 0.174. The number of aromatic nitrogens is 4. The largest absolute Gasteiger partial charge is 0.388 e. The van der Waals surface area contributed by atoms with Crippen molar-refractivity contribution in [1.82, 2.24) is 19.7 Å². The third kappa shape index (κ3) is 2.78. The van der Waals surface area contributed by atoms with Crippen LogP contribution in [0.1, 0.15) is 30.8 Å². The number of rotatable bonds is 5. The van der Waals surface area contributed by atoms with Crippen LogP contribution in [0.25, 0.3) is 11.0 Å². The lowest BCUT2D eigenvalue weighted by atomic mass is 10.1. The summed E-state index contributed by atoms with van der Waals surface area (Å²) in [5.41, 5.74) is 2.86. The van der Waals surface area contributed by atoms with E-state index in [0.29, 0.717) is 6.42 Å². The number of imidazole rings is 1. The molecule has 0 fully saturated rings. The second-order valence-electron chi connectivity index (χ2n) is 5.06. The molecule has 0 spiro atoms. The highest BCUT2D eigenvalue weighted by Gasteiger charge is 2.15. The summed E-state index contributed by atoms with van der Waals surface area (Å²) in [6.07, 6.45) is 4.07. The normalized spacial score (nSPS) is 12.7. The smallest absolute Gasteiger partial charge is 0.112 e. The van der Waals surface area contributed by atoms with Crippen LogP contribution in [0.15, 0.2) is 42.7 Å². The Morgan fingerprint density at radius 2 is 2.05 bits per heavy atom. The van der Waals surface area contributed by atoms with E-state index in [0.717, 1.165) is 35.4 Å². The minimum absolute atomic E-state index is 0.473. The maximum Gasteiger partial charge on any atom is 0.112 e. The van der Waals surface area contributed by atoms with E-state index < -0.39 is 6.10 Å². The number of aryl methyl sites for hydroxylation is 1. The molecule has 5 heteroatoms. The van der Waals surface area contributed by atoms with Crippen molar-refractivity contribution in [2.24, 2.45) is 0 Å². The van der Waals surface area contributed by atoms with E-state index in [2.05, 4.69) is 32.7 Å². The first-order valence-electron chi connectivity index (χ1n) is 7.18. The standard InChI is InChI=1S/C16H18N4O/c1-2-9-20-14-6-4-3-5-13(14)19-16(20)10-15(21)12-7-8-17-18-11-12/h3-8,11,15,21H,2,9-10H2,1H3. The predicted octanol–water partition coefficient (Wildman–Crippen LogP) is 2.51. The van der Waals surface area contributed by atoms with Gasteiger partial charge in [0.2, 0.25) is 0 Å². The van der Waals surface area contributed by atoms with Gasteiger partial charge in [0.15, 0.2) is 0 Å². The Hall–Kier alpha value is -2.27. The van der Waals surface area contributed by atoms with Crippen molar-refractivity contribution in [2.75, 3.05) is 0 Å². The minimum atomic E-state index is -0.618. The number of aliphatic hydroxyl groups excluding tert-OH is 1. The summed E-state index contributed by atoms with van der Waals surface area (Å²) in [5.74, 6) is 0.905. The maximum absolute atomic E-state index is 10.4. The van der Waals surface area contributed by atoms with Crippen LogP contribution < -0.4 is 0 Å². The van der Waals surface area contributed by atoms with Crippen molar-refractivity contribution < 1.29 is 5.11 Å². The topological polar surface area (TPSA) is 63.8 Å². The average Bonchev–Trinajstić information content (AvgIpc) is 2.86. The van der Waals surface area contributed by atoms with Gasteiger partial charge in [0, 0.05) is 24.7 Å². The molecule has 0 aliphatic heterocycles. The van der Waals surface area contributed by atoms with Crippen molar-refractivity contribution in [3.05, 3.63) is 54.1 Å². The zero-order valence-electron chi connectivity index (χ0n) is 12.0. The van der Waals surface area contributed by atoms with E-state index in [1.165, 1.54) is 0 Å². The molecule has 1 aromatic carbocycles. The summed E-state index contributed by atoms with van der Waals surface area (Å²) < 4.78 is 2.19. The molecule has 0 amide bonds. The van der Waals surface area contributed by atoms with Gasteiger partial charge < -0.3 is 9.67 Å². The van der Waals surface area contributed by atoms with Crippen LogP contribution in [0.2, 0.25) is 0 Å². The summed E-state index contributed by atoms with van der Waals surface area (Å²) in [4.78, 5) is 4.66. The third-order valence-electron chi connectivity index (χ3n) is 3.55. The molecule has 0 radical (unpaired) electrons. The summed E-state index contributed by atoms with van der Waals surface area (Å²) in [5, 5.41) is 17.9. The highest BCUT2D eigenvalue weighted by molar-refractivity contribution is 5.75. The van der Waals surface area contributed by atoms with Crippen molar-refractivity contribution >= 4 is 11.0 Å². The Bertz CT molecular complexity index is 723.